The Morgan fingerprint density at radius 1 is 1.26 bits per heavy atom. The van der Waals surface area contributed by atoms with Crippen LogP contribution in [0.1, 0.15) is 28.8 Å². The van der Waals surface area contributed by atoms with Gasteiger partial charge in [0, 0.05) is 42.5 Å². The van der Waals surface area contributed by atoms with Crippen molar-refractivity contribution in [2.75, 3.05) is 30.3 Å². The molecule has 0 saturated carbocycles. The number of thioether (sulfide) groups is 1. The van der Waals surface area contributed by atoms with E-state index >= 15 is 0 Å². The monoisotopic (exact) mass is 386 g/mol. The van der Waals surface area contributed by atoms with E-state index < -0.39 is 0 Å². The molecule has 2 heterocycles. The lowest BCUT2D eigenvalue weighted by Crippen LogP contribution is -2.32. The van der Waals surface area contributed by atoms with Gasteiger partial charge >= 0.3 is 0 Å². The second-order valence-electron chi connectivity index (χ2n) is 6.92. The van der Waals surface area contributed by atoms with Crippen LogP contribution in [0.5, 0.6) is 0 Å². The summed E-state index contributed by atoms with van der Waals surface area (Å²) in [7, 11) is 0. The summed E-state index contributed by atoms with van der Waals surface area (Å²) in [5, 5.41) is 2.99. The van der Waals surface area contributed by atoms with Crippen molar-refractivity contribution >= 4 is 23.4 Å². The van der Waals surface area contributed by atoms with Crippen molar-refractivity contribution in [2.24, 2.45) is 0 Å². The number of carbonyl (C=O) groups is 1. The van der Waals surface area contributed by atoms with Crippen LogP contribution in [0.15, 0.2) is 47.4 Å². The molecule has 0 spiro atoms. The van der Waals surface area contributed by atoms with Crippen LogP contribution in [0.3, 0.4) is 0 Å². The summed E-state index contributed by atoms with van der Waals surface area (Å²) in [6, 6.07) is 12.5. The second kappa shape index (κ2) is 8.31. The zero-order valence-corrected chi connectivity index (χ0v) is 15.9. The summed E-state index contributed by atoms with van der Waals surface area (Å²) in [4.78, 5) is 16.0. The smallest absolute Gasteiger partial charge is 0.251 e. The number of carbonyl (C=O) groups excluding carboxylic acids is 1. The molecule has 2 aromatic carbocycles. The number of rotatable bonds is 5. The third-order valence-electron chi connectivity index (χ3n) is 4.98. The van der Waals surface area contributed by atoms with Crippen molar-refractivity contribution in [2.45, 2.75) is 30.4 Å². The molecule has 4 nitrogen and oxygen atoms in total. The highest BCUT2D eigenvalue weighted by atomic mass is 32.2. The number of nitrogens with one attached hydrogen (secondary N) is 1. The van der Waals surface area contributed by atoms with Crippen molar-refractivity contribution in [1.82, 2.24) is 5.32 Å². The van der Waals surface area contributed by atoms with Crippen molar-refractivity contribution in [3.63, 3.8) is 0 Å². The Morgan fingerprint density at radius 3 is 2.89 bits per heavy atom. The van der Waals surface area contributed by atoms with Gasteiger partial charge in [-0.1, -0.05) is 12.1 Å². The van der Waals surface area contributed by atoms with Crippen LogP contribution in [0.25, 0.3) is 0 Å². The summed E-state index contributed by atoms with van der Waals surface area (Å²) in [6.45, 7) is 2.95. The SMILES string of the molecule is O=C(NC[C@@H]1CCCO1)c1ccc2c(c1)N(Cc1ccc(F)cc1)CCS2. The molecule has 27 heavy (non-hydrogen) atoms. The number of halogens is 1. The highest BCUT2D eigenvalue weighted by Crippen LogP contribution is 2.36. The first-order chi connectivity index (χ1) is 13.2. The van der Waals surface area contributed by atoms with Gasteiger partial charge in [0.05, 0.1) is 11.8 Å². The van der Waals surface area contributed by atoms with E-state index in [0.717, 1.165) is 43.0 Å². The fourth-order valence-corrected chi connectivity index (χ4v) is 4.53. The number of ether oxygens (including phenoxy) is 1. The van der Waals surface area contributed by atoms with E-state index in [4.69, 9.17) is 4.74 Å². The minimum absolute atomic E-state index is 0.0643. The second-order valence-corrected chi connectivity index (χ2v) is 8.06. The Morgan fingerprint density at radius 2 is 2.11 bits per heavy atom. The van der Waals surface area contributed by atoms with Crippen LogP contribution in [0.4, 0.5) is 10.1 Å². The number of anilines is 1. The Bertz CT molecular complexity index is 806. The van der Waals surface area contributed by atoms with E-state index in [2.05, 4.69) is 10.2 Å². The van der Waals surface area contributed by atoms with Crippen LogP contribution in [-0.4, -0.2) is 37.5 Å². The van der Waals surface area contributed by atoms with E-state index in [-0.39, 0.29) is 17.8 Å². The normalized spacial score (nSPS) is 19.0. The number of amides is 1. The van der Waals surface area contributed by atoms with Crippen LogP contribution in [0.2, 0.25) is 0 Å². The average molecular weight is 386 g/mol. The maximum atomic E-state index is 13.2. The lowest BCUT2D eigenvalue weighted by Gasteiger charge is -2.31. The Hall–Kier alpha value is -2.05. The van der Waals surface area contributed by atoms with Gasteiger partial charge in [-0.15, -0.1) is 11.8 Å². The first-order valence-electron chi connectivity index (χ1n) is 9.35. The lowest BCUT2D eigenvalue weighted by molar-refractivity contribution is 0.0857. The summed E-state index contributed by atoms with van der Waals surface area (Å²) < 4.78 is 18.7. The van der Waals surface area contributed by atoms with Gasteiger partial charge in [-0.25, -0.2) is 4.39 Å². The molecule has 2 aliphatic rings. The number of nitrogens with zero attached hydrogens (tertiary/aromatic N) is 1. The molecule has 142 valence electrons. The molecule has 0 aliphatic carbocycles. The van der Waals surface area contributed by atoms with E-state index in [1.54, 1.807) is 11.8 Å². The zero-order chi connectivity index (χ0) is 18.6. The summed E-state index contributed by atoms with van der Waals surface area (Å²) in [5.74, 6) is 0.711. The van der Waals surface area contributed by atoms with Gasteiger partial charge in [-0.2, -0.15) is 0 Å². The van der Waals surface area contributed by atoms with E-state index in [9.17, 15) is 9.18 Å². The predicted octanol–water partition coefficient (Wildman–Crippen LogP) is 3.85. The number of benzene rings is 2. The van der Waals surface area contributed by atoms with Gasteiger partial charge in [0.2, 0.25) is 0 Å². The molecular weight excluding hydrogens is 363 g/mol. The molecule has 1 atom stereocenters. The molecule has 1 saturated heterocycles. The molecule has 1 N–H and O–H groups in total. The molecule has 4 rings (SSSR count). The van der Waals surface area contributed by atoms with Crippen molar-refractivity contribution in [3.05, 3.63) is 59.4 Å². The van der Waals surface area contributed by atoms with Crippen molar-refractivity contribution < 1.29 is 13.9 Å². The van der Waals surface area contributed by atoms with Crippen molar-refractivity contribution in [3.8, 4) is 0 Å². The van der Waals surface area contributed by atoms with Crippen LogP contribution in [0, 0.1) is 5.82 Å². The molecule has 0 radical (unpaired) electrons. The minimum Gasteiger partial charge on any atom is -0.376 e. The molecule has 6 heteroatoms. The molecule has 1 amide bonds. The lowest BCUT2D eigenvalue weighted by atomic mass is 10.1. The largest absolute Gasteiger partial charge is 0.376 e. The minimum atomic E-state index is -0.224. The van der Waals surface area contributed by atoms with Crippen LogP contribution >= 0.6 is 11.8 Å². The molecule has 1 fully saturated rings. The maximum absolute atomic E-state index is 13.2. The Kier molecular flexibility index (Phi) is 5.64. The number of fused-ring (bicyclic) bond motifs is 1. The van der Waals surface area contributed by atoms with E-state index in [1.165, 1.54) is 17.0 Å². The number of hydrogen-bond acceptors (Lipinski definition) is 4. The first kappa shape index (κ1) is 18.3. The Labute approximate surface area is 163 Å². The third kappa shape index (κ3) is 4.45. The van der Waals surface area contributed by atoms with Gasteiger partial charge in [0.15, 0.2) is 0 Å². The predicted molar refractivity (Wildman–Crippen MR) is 106 cm³/mol. The molecule has 2 aliphatic heterocycles. The van der Waals surface area contributed by atoms with Crippen molar-refractivity contribution in [1.29, 1.82) is 0 Å². The van der Waals surface area contributed by atoms with E-state index in [0.29, 0.717) is 18.7 Å². The summed E-state index contributed by atoms with van der Waals surface area (Å²) >= 11 is 1.81. The first-order valence-corrected chi connectivity index (χ1v) is 10.3. The van der Waals surface area contributed by atoms with Crippen LogP contribution in [-0.2, 0) is 11.3 Å². The highest BCUT2D eigenvalue weighted by Gasteiger charge is 2.21. The quantitative estimate of drug-likeness (QED) is 0.848. The molecule has 0 bridgehead atoms. The summed E-state index contributed by atoms with van der Waals surface area (Å²) in [5.41, 5.74) is 2.79. The van der Waals surface area contributed by atoms with Gasteiger partial charge < -0.3 is 15.0 Å². The number of hydrogen-bond donors (Lipinski definition) is 1. The van der Waals surface area contributed by atoms with Gasteiger partial charge in [0.1, 0.15) is 5.82 Å². The van der Waals surface area contributed by atoms with Crippen LogP contribution < -0.4 is 10.2 Å². The third-order valence-corrected chi connectivity index (χ3v) is 6.02. The fraction of sp³-hybridized carbons (Fsp3) is 0.381. The van der Waals surface area contributed by atoms with E-state index in [1.807, 2.05) is 30.3 Å². The standard InChI is InChI=1S/C21H23FN2O2S/c22-17-6-3-15(4-7-17)14-24-9-11-27-20-8-5-16(12-19(20)24)21(25)23-13-18-2-1-10-26-18/h3-8,12,18H,1-2,9-11,13-14H2,(H,23,25)/t18-/m0/s1. The summed E-state index contributed by atoms with van der Waals surface area (Å²) in [6.07, 6.45) is 2.21. The molecular formula is C21H23FN2O2S. The topological polar surface area (TPSA) is 41.6 Å². The molecule has 0 unspecified atom stereocenters. The molecule has 2 aromatic rings. The zero-order valence-electron chi connectivity index (χ0n) is 15.1. The average Bonchev–Trinajstić information content (AvgIpc) is 3.21. The highest BCUT2D eigenvalue weighted by molar-refractivity contribution is 7.99. The van der Waals surface area contributed by atoms with Gasteiger partial charge in [0.25, 0.3) is 5.91 Å². The fourth-order valence-electron chi connectivity index (χ4n) is 3.50. The van der Waals surface area contributed by atoms with Gasteiger partial charge in [-0.3, -0.25) is 4.79 Å². The molecule has 0 aromatic heterocycles. The Balaban J connectivity index is 1.48. The van der Waals surface area contributed by atoms with Gasteiger partial charge in [-0.05, 0) is 48.7 Å². The maximum Gasteiger partial charge on any atom is 0.251 e.